The number of rotatable bonds is 4. The first-order valence-electron chi connectivity index (χ1n) is 10.5. The Kier molecular flexibility index (Phi) is 6.28. The molecule has 0 fully saturated rings. The lowest BCUT2D eigenvalue weighted by Crippen LogP contribution is -2.18. The third-order valence-electron chi connectivity index (χ3n) is 5.75. The van der Waals surface area contributed by atoms with Crippen molar-refractivity contribution in [2.75, 3.05) is 0 Å². The van der Waals surface area contributed by atoms with Crippen LogP contribution in [-0.2, 0) is 10.8 Å². The molecule has 2 heteroatoms. The molecule has 158 valence electrons. The average molecular weight is 395 g/mol. The summed E-state index contributed by atoms with van der Waals surface area (Å²) >= 11 is 0. The second-order valence-corrected chi connectivity index (χ2v) is 10.6. The van der Waals surface area contributed by atoms with E-state index in [9.17, 15) is 10.2 Å². The largest absolute Gasteiger partial charge is 0.507 e. The molecule has 0 spiro atoms. The molecule has 1 unspecified atom stereocenters. The summed E-state index contributed by atoms with van der Waals surface area (Å²) in [4.78, 5) is 0. The van der Waals surface area contributed by atoms with Crippen LogP contribution < -0.4 is 0 Å². The van der Waals surface area contributed by atoms with Crippen molar-refractivity contribution in [3.63, 3.8) is 0 Å². The lowest BCUT2D eigenvalue weighted by Gasteiger charge is -2.31. The first kappa shape index (κ1) is 23.1. The van der Waals surface area contributed by atoms with E-state index in [1.54, 1.807) is 0 Å². The van der Waals surface area contributed by atoms with Gasteiger partial charge in [0.1, 0.15) is 11.5 Å². The zero-order valence-electron chi connectivity index (χ0n) is 19.6. The zero-order valence-corrected chi connectivity index (χ0v) is 19.6. The standard InChI is InChI=1S/C27H38O2/c1-11-18(4)23(19-12-16(2)14-21(24(19)28)26(5,6)7)20-13-17(3)15-22(25(20)29)27(8,9)10/h11-15,18,23,28-29H,1H2,2-10H3. The molecule has 0 radical (unpaired) electrons. The van der Waals surface area contributed by atoms with Gasteiger partial charge in [0, 0.05) is 17.0 Å². The molecule has 2 N–H and O–H groups in total. The maximum Gasteiger partial charge on any atom is 0.123 e. The number of benzene rings is 2. The summed E-state index contributed by atoms with van der Waals surface area (Å²) < 4.78 is 0. The first-order chi connectivity index (χ1) is 13.2. The van der Waals surface area contributed by atoms with Crippen LogP contribution in [0.1, 0.15) is 87.8 Å². The molecule has 0 saturated heterocycles. The number of aryl methyl sites for hydroxylation is 2. The Morgan fingerprint density at radius 3 is 1.38 bits per heavy atom. The Labute approximate surface area is 177 Å². The molecule has 2 aromatic rings. The van der Waals surface area contributed by atoms with Gasteiger partial charge in [-0.15, -0.1) is 6.58 Å². The smallest absolute Gasteiger partial charge is 0.123 e. The fourth-order valence-electron chi connectivity index (χ4n) is 4.10. The summed E-state index contributed by atoms with van der Waals surface area (Å²) in [5.74, 6) is 0.491. The molecule has 0 bridgehead atoms. The number of hydrogen-bond donors (Lipinski definition) is 2. The van der Waals surface area contributed by atoms with E-state index in [4.69, 9.17) is 0 Å². The van der Waals surface area contributed by atoms with E-state index in [1.807, 2.05) is 18.2 Å². The van der Waals surface area contributed by atoms with E-state index < -0.39 is 0 Å². The third kappa shape index (κ3) is 4.69. The second kappa shape index (κ2) is 7.89. The van der Waals surface area contributed by atoms with Crippen molar-refractivity contribution in [3.05, 3.63) is 70.3 Å². The van der Waals surface area contributed by atoms with Gasteiger partial charge in [0.2, 0.25) is 0 Å². The van der Waals surface area contributed by atoms with E-state index in [2.05, 4.69) is 81.0 Å². The number of allylic oxidation sites excluding steroid dienone is 1. The number of phenols is 2. The minimum atomic E-state index is -0.186. The van der Waals surface area contributed by atoms with Crippen molar-refractivity contribution in [1.82, 2.24) is 0 Å². The molecule has 0 saturated carbocycles. The molecule has 29 heavy (non-hydrogen) atoms. The van der Waals surface area contributed by atoms with E-state index in [1.165, 1.54) is 0 Å². The van der Waals surface area contributed by atoms with Crippen molar-refractivity contribution in [2.24, 2.45) is 5.92 Å². The van der Waals surface area contributed by atoms with Gasteiger partial charge in [-0.05, 0) is 41.7 Å². The van der Waals surface area contributed by atoms with E-state index in [0.717, 1.165) is 33.4 Å². The van der Waals surface area contributed by atoms with E-state index in [0.29, 0.717) is 11.5 Å². The van der Waals surface area contributed by atoms with E-state index in [-0.39, 0.29) is 22.7 Å². The zero-order chi connectivity index (χ0) is 22.3. The summed E-state index contributed by atoms with van der Waals surface area (Å²) in [5.41, 5.74) is 5.40. The van der Waals surface area contributed by atoms with Crippen LogP contribution in [-0.4, -0.2) is 10.2 Å². The van der Waals surface area contributed by atoms with Crippen LogP contribution in [0.4, 0.5) is 0 Å². The normalized spacial score (nSPS) is 13.6. The highest BCUT2D eigenvalue weighted by Crippen LogP contribution is 2.47. The summed E-state index contributed by atoms with van der Waals surface area (Å²) in [5, 5.41) is 22.6. The fraction of sp³-hybridized carbons (Fsp3) is 0.481. The van der Waals surface area contributed by atoms with Crippen LogP contribution in [0.5, 0.6) is 11.5 Å². The first-order valence-corrected chi connectivity index (χ1v) is 10.5. The molecule has 0 aromatic heterocycles. The lowest BCUT2D eigenvalue weighted by atomic mass is 9.74. The van der Waals surface area contributed by atoms with Crippen LogP contribution in [0.3, 0.4) is 0 Å². The Balaban J connectivity index is 2.89. The van der Waals surface area contributed by atoms with E-state index >= 15 is 0 Å². The Hall–Kier alpha value is -2.22. The number of hydrogen-bond acceptors (Lipinski definition) is 2. The Morgan fingerprint density at radius 2 is 1.10 bits per heavy atom. The minimum absolute atomic E-state index is 0.0380. The van der Waals surface area contributed by atoms with Crippen molar-refractivity contribution in [2.45, 2.75) is 79.1 Å². The van der Waals surface area contributed by atoms with Gasteiger partial charge < -0.3 is 10.2 Å². The topological polar surface area (TPSA) is 40.5 Å². The highest BCUT2D eigenvalue weighted by atomic mass is 16.3. The highest BCUT2D eigenvalue weighted by molar-refractivity contribution is 5.56. The van der Waals surface area contributed by atoms with Crippen LogP contribution in [0, 0.1) is 19.8 Å². The third-order valence-corrected chi connectivity index (χ3v) is 5.75. The van der Waals surface area contributed by atoms with Gasteiger partial charge in [-0.25, -0.2) is 0 Å². The molecule has 2 aromatic carbocycles. The molecule has 2 nitrogen and oxygen atoms in total. The molecule has 2 rings (SSSR count). The van der Waals surface area contributed by atoms with Gasteiger partial charge >= 0.3 is 0 Å². The van der Waals surface area contributed by atoms with Crippen LogP contribution >= 0.6 is 0 Å². The fourth-order valence-corrected chi connectivity index (χ4v) is 4.10. The second-order valence-electron chi connectivity index (χ2n) is 10.6. The quantitative estimate of drug-likeness (QED) is 0.536. The van der Waals surface area contributed by atoms with Crippen molar-refractivity contribution in [3.8, 4) is 11.5 Å². The molecule has 0 aliphatic heterocycles. The summed E-state index contributed by atoms with van der Waals surface area (Å²) in [7, 11) is 0. The predicted molar refractivity (Wildman–Crippen MR) is 124 cm³/mol. The summed E-state index contributed by atoms with van der Waals surface area (Å²) in [6.07, 6.45) is 1.90. The molecule has 0 aliphatic carbocycles. The molecule has 0 aliphatic rings. The van der Waals surface area contributed by atoms with Crippen molar-refractivity contribution >= 4 is 0 Å². The van der Waals surface area contributed by atoms with Gasteiger partial charge in [-0.3, -0.25) is 0 Å². The molecule has 1 atom stereocenters. The molecular formula is C27H38O2. The summed E-state index contributed by atoms with van der Waals surface area (Å²) in [6.45, 7) is 22.9. The maximum atomic E-state index is 11.3. The van der Waals surface area contributed by atoms with Gasteiger partial charge in [0.15, 0.2) is 0 Å². The predicted octanol–water partition coefficient (Wildman–Crippen LogP) is 7.26. The van der Waals surface area contributed by atoms with Crippen molar-refractivity contribution < 1.29 is 10.2 Å². The van der Waals surface area contributed by atoms with Gasteiger partial charge in [-0.2, -0.15) is 0 Å². The lowest BCUT2D eigenvalue weighted by molar-refractivity contribution is 0.419. The highest BCUT2D eigenvalue weighted by Gasteiger charge is 2.31. The average Bonchev–Trinajstić information content (AvgIpc) is 2.58. The van der Waals surface area contributed by atoms with Gasteiger partial charge in [0.25, 0.3) is 0 Å². The number of aromatic hydroxyl groups is 2. The molecular weight excluding hydrogens is 356 g/mol. The van der Waals surface area contributed by atoms with Crippen molar-refractivity contribution in [1.29, 1.82) is 0 Å². The van der Waals surface area contributed by atoms with Gasteiger partial charge in [0.05, 0.1) is 0 Å². The van der Waals surface area contributed by atoms with Crippen LogP contribution in [0.2, 0.25) is 0 Å². The maximum absolute atomic E-state index is 11.3. The number of phenolic OH excluding ortho intramolecular Hbond substituents is 2. The van der Waals surface area contributed by atoms with Gasteiger partial charge in [-0.1, -0.05) is 89.9 Å². The Morgan fingerprint density at radius 1 is 0.759 bits per heavy atom. The Bertz CT molecular complexity index is 838. The van der Waals surface area contributed by atoms with Crippen LogP contribution in [0.15, 0.2) is 36.9 Å². The van der Waals surface area contributed by atoms with Crippen LogP contribution in [0.25, 0.3) is 0 Å². The SMILES string of the molecule is C=CC(C)C(c1cc(C)cc(C(C)(C)C)c1O)c1cc(C)cc(C(C)(C)C)c1O. The monoisotopic (exact) mass is 394 g/mol. The molecule has 0 heterocycles. The minimum Gasteiger partial charge on any atom is -0.507 e. The molecule has 0 amide bonds. The summed E-state index contributed by atoms with van der Waals surface area (Å²) in [6, 6.07) is 8.22.